The van der Waals surface area contributed by atoms with E-state index in [9.17, 15) is 4.79 Å². The van der Waals surface area contributed by atoms with E-state index in [4.69, 9.17) is 16.3 Å². The first-order valence-corrected chi connectivity index (χ1v) is 7.71. The lowest BCUT2D eigenvalue weighted by Gasteiger charge is -2.30. The highest BCUT2D eigenvalue weighted by atomic mass is 35.5. The van der Waals surface area contributed by atoms with Gasteiger partial charge < -0.3 is 4.74 Å². The Morgan fingerprint density at radius 3 is 3.16 bits per heavy atom. The summed E-state index contributed by atoms with van der Waals surface area (Å²) in [6.07, 6.45) is 1.53. The van der Waals surface area contributed by atoms with E-state index in [-0.39, 0.29) is 11.8 Å². The predicted molar refractivity (Wildman–Crippen MR) is 77.2 cm³/mol. The minimum Gasteiger partial charge on any atom is -0.383 e. The van der Waals surface area contributed by atoms with Crippen molar-refractivity contribution in [2.45, 2.75) is 12.6 Å². The summed E-state index contributed by atoms with van der Waals surface area (Å²) in [6.45, 7) is 1.96. The molecule has 0 N–H and O–H groups in total. The third-order valence-electron chi connectivity index (χ3n) is 3.23. The zero-order valence-electron chi connectivity index (χ0n) is 11.1. The SMILES string of the molecule is COCCn1ncc(Cl)c1C(=O)C1CSCCN1C. The van der Waals surface area contributed by atoms with Gasteiger partial charge in [-0.1, -0.05) is 11.6 Å². The number of aromatic nitrogens is 2. The van der Waals surface area contributed by atoms with Gasteiger partial charge in [0.2, 0.25) is 0 Å². The maximum atomic E-state index is 12.6. The molecule has 1 atom stereocenters. The van der Waals surface area contributed by atoms with Gasteiger partial charge in [0.1, 0.15) is 5.69 Å². The molecule has 1 aliphatic rings. The number of hydrogen-bond donors (Lipinski definition) is 0. The van der Waals surface area contributed by atoms with Crippen LogP contribution in [0.4, 0.5) is 0 Å². The smallest absolute Gasteiger partial charge is 0.200 e. The van der Waals surface area contributed by atoms with Crippen LogP contribution in [0.25, 0.3) is 0 Å². The largest absolute Gasteiger partial charge is 0.383 e. The van der Waals surface area contributed by atoms with Crippen LogP contribution in [0.15, 0.2) is 6.20 Å². The summed E-state index contributed by atoms with van der Waals surface area (Å²) in [5.74, 6) is 1.92. The summed E-state index contributed by atoms with van der Waals surface area (Å²) in [5.41, 5.74) is 0.498. The molecule has 106 valence electrons. The lowest BCUT2D eigenvalue weighted by atomic mass is 10.1. The van der Waals surface area contributed by atoms with Crippen LogP contribution in [-0.4, -0.2) is 65.3 Å². The van der Waals surface area contributed by atoms with Gasteiger partial charge in [-0.15, -0.1) is 0 Å². The van der Waals surface area contributed by atoms with Gasteiger partial charge >= 0.3 is 0 Å². The molecule has 0 spiro atoms. The number of ketones is 1. The van der Waals surface area contributed by atoms with E-state index >= 15 is 0 Å². The van der Waals surface area contributed by atoms with E-state index in [1.807, 2.05) is 7.05 Å². The van der Waals surface area contributed by atoms with Gasteiger partial charge in [-0.05, 0) is 7.05 Å². The standard InChI is InChI=1S/C12H18ClN3O2S/c1-15-4-6-19-8-10(15)12(17)11-9(13)7-14-16(11)3-5-18-2/h7,10H,3-6,8H2,1-2H3. The molecule has 0 saturated carbocycles. The molecule has 0 bridgehead atoms. The lowest BCUT2D eigenvalue weighted by Crippen LogP contribution is -2.45. The van der Waals surface area contributed by atoms with Crippen LogP contribution in [0.5, 0.6) is 0 Å². The fourth-order valence-electron chi connectivity index (χ4n) is 2.07. The number of methoxy groups -OCH3 is 1. The quantitative estimate of drug-likeness (QED) is 0.770. The number of rotatable bonds is 5. The van der Waals surface area contributed by atoms with Crippen LogP contribution in [0.1, 0.15) is 10.5 Å². The van der Waals surface area contributed by atoms with Gasteiger partial charge in [0.25, 0.3) is 0 Å². The summed E-state index contributed by atoms with van der Waals surface area (Å²) >= 11 is 7.92. The molecule has 2 heterocycles. The Balaban J connectivity index is 2.19. The first-order valence-electron chi connectivity index (χ1n) is 6.17. The van der Waals surface area contributed by atoms with Crippen LogP contribution in [0, 0.1) is 0 Å². The van der Waals surface area contributed by atoms with Crippen molar-refractivity contribution in [3.05, 3.63) is 16.9 Å². The summed E-state index contributed by atoms with van der Waals surface area (Å²) in [7, 11) is 3.60. The maximum absolute atomic E-state index is 12.6. The molecule has 1 aliphatic heterocycles. The van der Waals surface area contributed by atoms with Gasteiger partial charge in [-0.25, -0.2) is 0 Å². The first-order chi connectivity index (χ1) is 9.15. The van der Waals surface area contributed by atoms with Crippen molar-refractivity contribution in [3.8, 4) is 0 Å². The summed E-state index contributed by atoms with van der Waals surface area (Å²) in [5, 5.41) is 4.57. The number of nitrogens with zero attached hydrogens (tertiary/aromatic N) is 3. The highest BCUT2D eigenvalue weighted by Crippen LogP contribution is 2.23. The van der Waals surface area contributed by atoms with Crippen molar-refractivity contribution < 1.29 is 9.53 Å². The van der Waals surface area contributed by atoms with Crippen molar-refractivity contribution >= 4 is 29.1 Å². The summed E-state index contributed by atoms with van der Waals surface area (Å²) < 4.78 is 6.67. The predicted octanol–water partition coefficient (Wildman–Crippen LogP) is 1.41. The molecule has 1 aromatic heterocycles. The minimum atomic E-state index is -0.116. The minimum absolute atomic E-state index is 0.0494. The van der Waals surface area contributed by atoms with Gasteiger partial charge in [0, 0.05) is 25.2 Å². The highest BCUT2D eigenvalue weighted by molar-refractivity contribution is 7.99. The molecule has 0 radical (unpaired) electrons. The Bertz CT molecular complexity index is 452. The van der Waals surface area contributed by atoms with Gasteiger partial charge in [-0.3, -0.25) is 14.4 Å². The molecular formula is C12H18ClN3O2S. The Kier molecular flexibility index (Phi) is 5.27. The van der Waals surface area contributed by atoms with E-state index in [0.717, 1.165) is 18.1 Å². The molecule has 19 heavy (non-hydrogen) atoms. The van der Waals surface area contributed by atoms with Crippen molar-refractivity contribution in [1.82, 2.24) is 14.7 Å². The number of halogens is 1. The van der Waals surface area contributed by atoms with E-state index in [0.29, 0.717) is 23.9 Å². The van der Waals surface area contributed by atoms with Crippen LogP contribution in [0.2, 0.25) is 5.02 Å². The lowest BCUT2D eigenvalue weighted by molar-refractivity contribution is 0.0860. The van der Waals surface area contributed by atoms with Crippen molar-refractivity contribution in [1.29, 1.82) is 0 Å². The monoisotopic (exact) mass is 303 g/mol. The van der Waals surface area contributed by atoms with Crippen molar-refractivity contribution in [2.75, 3.05) is 38.8 Å². The second-order valence-corrected chi connectivity index (χ2v) is 6.05. The molecule has 7 heteroatoms. The number of carbonyl (C=O) groups excluding carboxylic acids is 1. The first kappa shape index (κ1) is 14.8. The van der Waals surface area contributed by atoms with E-state index in [2.05, 4.69) is 10.00 Å². The van der Waals surface area contributed by atoms with Gasteiger partial charge in [0.15, 0.2) is 5.78 Å². The number of thioether (sulfide) groups is 1. The molecule has 1 aromatic rings. The average Bonchev–Trinajstić information content (AvgIpc) is 2.77. The number of likely N-dealkylation sites (N-methyl/N-ethyl adjacent to an activating group) is 1. The second-order valence-electron chi connectivity index (χ2n) is 4.49. The maximum Gasteiger partial charge on any atom is 0.200 e. The van der Waals surface area contributed by atoms with E-state index in [1.165, 1.54) is 6.20 Å². The normalized spacial score (nSPS) is 20.7. The van der Waals surface area contributed by atoms with Gasteiger partial charge in [-0.2, -0.15) is 16.9 Å². The molecular weight excluding hydrogens is 286 g/mol. The molecule has 1 unspecified atom stereocenters. The van der Waals surface area contributed by atoms with E-state index < -0.39 is 0 Å². The third-order valence-corrected chi connectivity index (χ3v) is 4.53. The number of Topliss-reactive ketones (excluding diaryl/α,β-unsaturated/α-hetero) is 1. The number of hydrogen-bond acceptors (Lipinski definition) is 5. The Morgan fingerprint density at radius 1 is 1.68 bits per heavy atom. The molecule has 0 aliphatic carbocycles. The van der Waals surface area contributed by atoms with Crippen molar-refractivity contribution in [2.24, 2.45) is 0 Å². The summed E-state index contributed by atoms with van der Waals surface area (Å²) in [6, 6.07) is -0.116. The van der Waals surface area contributed by atoms with Crippen LogP contribution in [-0.2, 0) is 11.3 Å². The fourth-order valence-corrected chi connectivity index (χ4v) is 3.52. The zero-order valence-corrected chi connectivity index (χ0v) is 12.7. The second kappa shape index (κ2) is 6.74. The summed E-state index contributed by atoms with van der Waals surface area (Å²) in [4.78, 5) is 14.7. The fraction of sp³-hybridized carbons (Fsp3) is 0.667. The number of ether oxygens (including phenoxy) is 1. The third kappa shape index (κ3) is 3.31. The highest BCUT2D eigenvalue weighted by Gasteiger charge is 2.30. The number of carbonyl (C=O) groups is 1. The average molecular weight is 304 g/mol. The van der Waals surface area contributed by atoms with Crippen LogP contribution < -0.4 is 0 Å². The molecule has 5 nitrogen and oxygen atoms in total. The van der Waals surface area contributed by atoms with Gasteiger partial charge in [0.05, 0.1) is 30.4 Å². The Morgan fingerprint density at radius 2 is 2.47 bits per heavy atom. The van der Waals surface area contributed by atoms with E-state index in [1.54, 1.807) is 23.6 Å². The topological polar surface area (TPSA) is 47.4 Å². The zero-order chi connectivity index (χ0) is 13.8. The van der Waals surface area contributed by atoms with Crippen molar-refractivity contribution in [3.63, 3.8) is 0 Å². The molecule has 2 rings (SSSR count). The van der Waals surface area contributed by atoms with Crippen LogP contribution >= 0.6 is 23.4 Å². The molecule has 1 saturated heterocycles. The van der Waals surface area contributed by atoms with Crippen LogP contribution in [0.3, 0.4) is 0 Å². The molecule has 0 aromatic carbocycles. The Hall–Kier alpha value is -0.560. The Labute approximate surface area is 122 Å². The molecule has 0 amide bonds. The molecule has 1 fully saturated rings.